The molecule has 0 aromatic rings. The van der Waals surface area contributed by atoms with E-state index in [1.807, 2.05) is 11.8 Å². The van der Waals surface area contributed by atoms with Crippen LogP contribution >= 0.6 is 11.8 Å². The van der Waals surface area contributed by atoms with Crippen LogP contribution in [-0.2, 0) is 38.0 Å². The zero-order valence-corrected chi connectivity index (χ0v) is 21.4. The number of rotatable bonds is 20. The molecule has 1 amide bonds. The van der Waals surface area contributed by atoms with Crippen molar-refractivity contribution in [2.45, 2.75) is 56.7 Å². The topological polar surface area (TPSA) is 119 Å². The van der Waals surface area contributed by atoms with E-state index in [0.29, 0.717) is 51.5 Å². The molecule has 1 N–H and O–H groups in total. The lowest BCUT2D eigenvalue weighted by molar-refractivity contribution is -0.146. The number of Topliss-reactive ketones (excluding diaryl/α,β-unsaturated/α-hetero) is 1. The van der Waals surface area contributed by atoms with E-state index < -0.39 is 5.97 Å². The third-order valence-corrected chi connectivity index (χ3v) is 6.22. The van der Waals surface area contributed by atoms with Gasteiger partial charge in [0.15, 0.2) is 0 Å². The Bertz CT molecular complexity index is 557. The second-order valence-corrected chi connectivity index (χ2v) is 9.00. The lowest BCUT2D eigenvalue weighted by Crippen LogP contribution is -2.38. The van der Waals surface area contributed by atoms with Crippen molar-refractivity contribution in [3.8, 4) is 0 Å². The van der Waals surface area contributed by atoms with Crippen LogP contribution in [0.3, 0.4) is 0 Å². The lowest BCUT2D eigenvalue weighted by atomic mass is 9.95. The van der Waals surface area contributed by atoms with Gasteiger partial charge in [-0.1, -0.05) is 0 Å². The molecule has 0 bridgehead atoms. The highest BCUT2D eigenvalue weighted by Gasteiger charge is 2.22. The largest absolute Gasteiger partial charge is 0.463 e. The molecule has 0 heterocycles. The van der Waals surface area contributed by atoms with Gasteiger partial charge in [0.25, 0.3) is 0 Å². The molecule has 0 unspecified atom stereocenters. The highest BCUT2D eigenvalue weighted by molar-refractivity contribution is 7.99. The summed E-state index contributed by atoms with van der Waals surface area (Å²) < 4.78 is 31.5. The summed E-state index contributed by atoms with van der Waals surface area (Å²) in [4.78, 5) is 33.9. The van der Waals surface area contributed by atoms with Crippen molar-refractivity contribution in [2.24, 2.45) is 0 Å². The molecule has 1 saturated carbocycles. The van der Waals surface area contributed by atoms with Crippen molar-refractivity contribution in [3.05, 3.63) is 0 Å². The SMILES string of the molecule is CSC1CCC(NC(=O)OCCOCCOCCOCCOCCOC(=O)CCC(C)=O)CC1. The number of alkyl carbamates (subject to hydrolysis) is 1. The van der Waals surface area contributed by atoms with Crippen molar-refractivity contribution in [3.63, 3.8) is 0 Å². The molecule has 198 valence electrons. The van der Waals surface area contributed by atoms with E-state index in [1.54, 1.807) is 0 Å². The summed E-state index contributed by atoms with van der Waals surface area (Å²) in [7, 11) is 0. The second-order valence-electron chi connectivity index (χ2n) is 7.86. The summed E-state index contributed by atoms with van der Waals surface area (Å²) in [5.41, 5.74) is 0. The fourth-order valence-corrected chi connectivity index (χ4v) is 3.91. The fraction of sp³-hybridized carbons (Fsp3) is 0.870. The highest BCUT2D eigenvalue weighted by Crippen LogP contribution is 2.26. The van der Waals surface area contributed by atoms with Gasteiger partial charge >= 0.3 is 12.1 Å². The Hall–Kier alpha value is -1.40. The van der Waals surface area contributed by atoms with E-state index in [1.165, 1.54) is 6.92 Å². The van der Waals surface area contributed by atoms with Gasteiger partial charge < -0.3 is 38.5 Å². The first kappa shape index (κ1) is 30.6. The van der Waals surface area contributed by atoms with E-state index in [-0.39, 0.29) is 50.6 Å². The van der Waals surface area contributed by atoms with Gasteiger partial charge in [-0.15, -0.1) is 0 Å². The standard InChI is InChI=1S/C23H41NO9S/c1-19(25)3-8-22(26)32-17-15-30-13-11-28-9-10-29-12-14-31-16-18-33-23(27)24-20-4-6-21(34-2)7-5-20/h20-21H,3-18H2,1-2H3,(H,24,27). The Morgan fingerprint density at radius 2 is 1.18 bits per heavy atom. The maximum absolute atomic E-state index is 11.8. The average molecular weight is 508 g/mol. The molecule has 34 heavy (non-hydrogen) atoms. The van der Waals surface area contributed by atoms with E-state index >= 15 is 0 Å². The molecule has 1 rings (SSSR count). The summed E-state index contributed by atoms with van der Waals surface area (Å²) in [5.74, 6) is -0.431. The van der Waals surface area contributed by atoms with Gasteiger partial charge in [0.05, 0.1) is 59.3 Å². The third-order valence-electron chi connectivity index (χ3n) is 5.08. The Kier molecular flexibility index (Phi) is 18.9. The number of carbonyl (C=O) groups is 3. The molecular formula is C23H41NO9S. The Morgan fingerprint density at radius 3 is 1.65 bits per heavy atom. The van der Waals surface area contributed by atoms with E-state index in [4.69, 9.17) is 28.4 Å². The molecule has 11 heteroatoms. The Morgan fingerprint density at radius 1 is 0.706 bits per heavy atom. The van der Waals surface area contributed by atoms with Gasteiger partial charge in [0, 0.05) is 17.7 Å². The number of ether oxygens (including phenoxy) is 6. The summed E-state index contributed by atoms with van der Waals surface area (Å²) in [6.07, 6.45) is 6.35. The normalized spacial score (nSPS) is 17.8. The Balaban J connectivity index is 1.76. The quantitative estimate of drug-likeness (QED) is 0.194. The monoisotopic (exact) mass is 507 g/mol. The highest BCUT2D eigenvalue weighted by atomic mass is 32.2. The van der Waals surface area contributed by atoms with Crippen LogP contribution in [0, 0.1) is 0 Å². The van der Waals surface area contributed by atoms with Crippen molar-refractivity contribution >= 4 is 29.6 Å². The van der Waals surface area contributed by atoms with Crippen molar-refractivity contribution in [1.29, 1.82) is 0 Å². The minimum Gasteiger partial charge on any atom is -0.463 e. The van der Waals surface area contributed by atoms with E-state index in [0.717, 1.165) is 25.7 Å². The number of amides is 1. The minimum absolute atomic E-state index is 0.0355. The van der Waals surface area contributed by atoms with Gasteiger partial charge in [-0.3, -0.25) is 4.79 Å². The van der Waals surface area contributed by atoms with Crippen LogP contribution < -0.4 is 5.32 Å². The average Bonchev–Trinajstić information content (AvgIpc) is 2.82. The maximum Gasteiger partial charge on any atom is 0.407 e. The first-order valence-electron chi connectivity index (χ1n) is 11.9. The van der Waals surface area contributed by atoms with Crippen LogP contribution in [0.25, 0.3) is 0 Å². The summed E-state index contributed by atoms with van der Waals surface area (Å²) in [6, 6.07) is 0.216. The minimum atomic E-state index is -0.395. The molecule has 1 aliphatic rings. The molecule has 0 radical (unpaired) electrons. The van der Waals surface area contributed by atoms with E-state index in [9.17, 15) is 14.4 Å². The van der Waals surface area contributed by atoms with Gasteiger partial charge in [0.1, 0.15) is 19.0 Å². The predicted molar refractivity (Wildman–Crippen MR) is 128 cm³/mol. The molecule has 0 aromatic carbocycles. The number of ketones is 1. The van der Waals surface area contributed by atoms with Crippen molar-refractivity contribution < 1.29 is 42.8 Å². The van der Waals surface area contributed by atoms with E-state index in [2.05, 4.69) is 11.6 Å². The molecule has 10 nitrogen and oxygen atoms in total. The van der Waals surface area contributed by atoms with Gasteiger partial charge in [-0.2, -0.15) is 11.8 Å². The first-order valence-corrected chi connectivity index (χ1v) is 13.2. The molecule has 0 saturated heterocycles. The number of carbonyl (C=O) groups excluding carboxylic acids is 3. The van der Waals surface area contributed by atoms with Crippen molar-refractivity contribution in [1.82, 2.24) is 5.32 Å². The molecular weight excluding hydrogens is 466 g/mol. The number of thioether (sulfide) groups is 1. The first-order chi connectivity index (χ1) is 16.5. The molecule has 1 fully saturated rings. The fourth-order valence-electron chi connectivity index (χ4n) is 3.17. The maximum atomic E-state index is 11.8. The second kappa shape index (κ2) is 20.9. The molecule has 1 aliphatic carbocycles. The van der Waals surface area contributed by atoms with Gasteiger partial charge in [-0.25, -0.2) is 4.79 Å². The zero-order valence-electron chi connectivity index (χ0n) is 20.6. The Labute approximate surface area is 207 Å². The number of hydrogen-bond donors (Lipinski definition) is 1. The molecule has 0 aliphatic heterocycles. The summed E-state index contributed by atoms with van der Waals surface area (Å²) in [5, 5.41) is 3.64. The van der Waals surface area contributed by atoms with Crippen LogP contribution in [0.1, 0.15) is 45.4 Å². The van der Waals surface area contributed by atoms with Crippen LogP contribution in [0.4, 0.5) is 4.79 Å². The third kappa shape index (κ3) is 18.0. The van der Waals surface area contributed by atoms with Crippen LogP contribution in [0.5, 0.6) is 0 Å². The molecule has 0 atom stereocenters. The lowest BCUT2D eigenvalue weighted by Gasteiger charge is -2.27. The van der Waals surface area contributed by atoms with Crippen LogP contribution in [0.15, 0.2) is 0 Å². The number of nitrogens with one attached hydrogen (secondary N) is 1. The number of hydrogen-bond acceptors (Lipinski definition) is 10. The smallest absolute Gasteiger partial charge is 0.407 e. The summed E-state index contributed by atoms with van der Waals surface area (Å²) >= 11 is 1.90. The van der Waals surface area contributed by atoms with Gasteiger partial charge in [0.2, 0.25) is 0 Å². The molecule has 0 spiro atoms. The molecule has 0 aromatic heterocycles. The number of esters is 1. The summed E-state index contributed by atoms with van der Waals surface area (Å²) in [6.45, 7) is 4.95. The predicted octanol–water partition coefficient (Wildman–Crippen LogP) is 2.37. The zero-order chi connectivity index (χ0) is 24.9. The van der Waals surface area contributed by atoms with Crippen LogP contribution in [0.2, 0.25) is 0 Å². The van der Waals surface area contributed by atoms with Gasteiger partial charge in [-0.05, 0) is 38.9 Å². The van der Waals surface area contributed by atoms with Crippen LogP contribution in [-0.4, -0.2) is 101 Å². The van der Waals surface area contributed by atoms with Crippen molar-refractivity contribution in [2.75, 3.05) is 72.3 Å².